The minimum Gasteiger partial charge on any atom is -0.313 e. The van der Waals surface area contributed by atoms with Crippen LogP contribution in [0.25, 0.3) is 0 Å². The Labute approximate surface area is 80.5 Å². The molecule has 0 saturated heterocycles. The Kier molecular flexibility index (Phi) is 4.27. The van der Waals surface area contributed by atoms with Crippen molar-refractivity contribution in [2.75, 3.05) is 7.05 Å². The van der Waals surface area contributed by atoms with Gasteiger partial charge in [-0.3, -0.25) is 0 Å². The zero-order chi connectivity index (χ0) is 9.52. The average molecular weight is 175 g/mol. The van der Waals surface area contributed by atoms with Gasteiger partial charge in [-0.2, -0.15) is 0 Å². The first kappa shape index (κ1) is 10.0. The van der Waals surface area contributed by atoms with Crippen LogP contribution in [0.1, 0.15) is 24.9 Å². The van der Waals surface area contributed by atoms with Crippen LogP contribution in [0.4, 0.5) is 0 Å². The van der Waals surface area contributed by atoms with E-state index in [1.165, 1.54) is 5.56 Å². The summed E-state index contributed by atoms with van der Waals surface area (Å²) < 4.78 is 0. The van der Waals surface area contributed by atoms with E-state index in [1.807, 2.05) is 13.1 Å². The molecule has 1 aromatic carbocycles. The molecule has 0 aliphatic carbocycles. The maximum absolute atomic E-state index is 3.30. The molecule has 0 amide bonds. The molecule has 0 aliphatic rings. The fourth-order valence-corrected chi connectivity index (χ4v) is 1.38. The lowest BCUT2D eigenvalue weighted by Crippen LogP contribution is -2.15. The third-order valence-corrected chi connectivity index (χ3v) is 2.16. The number of hydrogen-bond acceptors (Lipinski definition) is 1. The van der Waals surface area contributed by atoms with Crippen molar-refractivity contribution in [3.05, 3.63) is 48.0 Å². The van der Waals surface area contributed by atoms with Gasteiger partial charge in [0, 0.05) is 6.04 Å². The molecular weight excluding hydrogens is 158 g/mol. The molecule has 0 saturated carbocycles. The van der Waals surface area contributed by atoms with Gasteiger partial charge in [-0.25, -0.2) is 0 Å². The SMILES string of the molecule is CC=CCC(NC)c1ccccc1. The lowest BCUT2D eigenvalue weighted by atomic mass is 10.0. The second-order valence-corrected chi connectivity index (χ2v) is 3.06. The molecule has 0 radical (unpaired) electrons. The van der Waals surface area contributed by atoms with Crippen LogP contribution in [0.5, 0.6) is 0 Å². The van der Waals surface area contributed by atoms with Crippen LogP contribution in [0.15, 0.2) is 42.5 Å². The topological polar surface area (TPSA) is 12.0 Å². The van der Waals surface area contributed by atoms with Crippen LogP contribution in [0, 0.1) is 0 Å². The summed E-state index contributed by atoms with van der Waals surface area (Å²) in [5, 5.41) is 3.30. The highest BCUT2D eigenvalue weighted by Gasteiger charge is 2.04. The number of rotatable bonds is 4. The summed E-state index contributed by atoms with van der Waals surface area (Å²) in [7, 11) is 2.00. The molecule has 1 atom stereocenters. The van der Waals surface area contributed by atoms with Crippen molar-refractivity contribution in [2.24, 2.45) is 0 Å². The summed E-state index contributed by atoms with van der Waals surface area (Å²) in [5.74, 6) is 0. The first-order chi connectivity index (χ1) is 6.38. The van der Waals surface area contributed by atoms with Crippen LogP contribution < -0.4 is 5.32 Å². The number of allylic oxidation sites excluding steroid dienone is 1. The molecule has 0 bridgehead atoms. The van der Waals surface area contributed by atoms with Gasteiger partial charge < -0.3 is 5.32 Å². The van der Waals surface area contributed by atoms with E-state index < -0.39 is 0 Å². The third kappa shape index (κ3) is 3.03. The maximum atomic E-state index is 3.30. The van der Waals surface area contributed by atoms with Crippen molar-refractivity contribution in [1.82, 2.24) is 5.32 Å². The van der Waals surface area contributed by atoms with E-state index in [9.17, 15) is 0 Å². The minimum atomic E-state index is 0.442. The van der Waals surface area contributed by atoms with Gasteiger partial charge >= 0.3 is 0 Å². The van der Waals surface area contributed by atoms with Gasteiger partial charge in [0.2, 0.25) is 0 Å². The minimum absolute atomic E-state index is 0.442. The van der Waals surface area contributed by atoms with E-state index in [0.717, 1.165) is 6.42 Å². The van der Waals surface area contributed by atoms with Gasteiger partial charge in [0.15, 0.2) is 0 Å². The van der Waals surface area contributed by atoms with Crippen molar-refractivity contribution in [2.45, 2.75) is 19.4 Å². The van der Waals surface area contributed by atoms with Gasteiger partial charge in [0.05, 0.1) is 0 Å². The van der Waals surface area contributed by atoms with E-state index in [1.54, 1.807) is 0 Å². The van der Waals surface area contributed by atoms with Crippen molar-refractivity contribution >= 4 is 0 Å². The first-order valence-corrected chi connectivity index (χ1v) is 4.72. The third-order valence-electron chi connectivity index (χ3n) is 2.16. The molecule has 13 heavy (non-hydrogen) atoms. The second-order valence-electron chi connectivity index (χ2n) is 3.06. The van der Waals surface area contributed by atoms with Gasteiger partial charge in [0.1, 0.15) is 0 Å². The molecule has 1 N–H and O–H groups in total. The second kappa shape index (κ2) is 5.55. The zero-order valence-corrected chi connectivity index (χ0v) is 8.33. The van der Waals surface area contributed by atoms with Gasteiger partial charge in [-0.05, 0) is 26.0 Å². The Bertz CT molecular complexity index is 251. The van der Waals surface area contributed by atoms with Crippen LogP contribution in [0.3, 0.4) is 0 Å². The molecule has 70 valence electrons. The van der Waals surface area contributed by atoms with Gasteiger partial charge in [-0.1, -0.05) is 42.5 Å². The molecule has 0 aliphatic heterocycles. The predicted molar refractivity (Wildman–Crippen MR) is 57.7 cm³/mol. The Morgan fingerprint density at radius 3 is 2.54 bits per heavy atom. The predicted octanol–water partition coefficient (Wildman–Crippen LogP) is 2.91. The molecule has 0 fully saturated rings. The molecule has 1 unspecified atom stereocenters. The summed E-state index contributed by atoms with van der Waals surface area (Å²) in [6.07, 6.45) is 5.33. The standard InChI is InChI=1S/C12H17N/c1-3-4-10-12(13-2)11-8-6-5-7-9-11/h3-9,12-13H,10H2,1-2H3. The van der Waals surface area contributed by atoms with E-state index in [2.05, 4.69) is 48.7 Å². The fraction of sp³-hybridized carbons (Fsp3) is 0.333. The maximum Gasteiger partial charge on any atom is 0.0352 e. The number of nitrogens with one attached hydrogen (secondary N) is 1. The van der Waals surface area contributed by atoms with Gasteiger partial charge in [0.25, 0.3) is 0 Å². The zero-order valence-electron chi connectivity index (χ0n) is 8.33. The molecule has 1 rings (SSSR count). The lowest BCUT2D eigenvalue weighted by molar-refractivity contribution is 0.603. The smallest absolute Gasteiger partial charge is 0.0352 e. The van der Waals surface area contributed by atoms with Gasteiger partial charge in [-0.15, -0.1) is 0 Å². The van der Waals surface area contributed by atoms with Crippen LogP contribution in [-0.2, 0) is 0 Å². The number of benzene rings is 1. The van der Waals surface area contributed by atoms with Crippen LogP contribution >= 0.6 is 0 Å². The summed E-state index contributed by atoms with van der Waals surface area (Å²) in [4.78, 5) is 0. The monoisotopic (exact) mass is 175 g/mol. The molecule has 1 aromatic rings. The van der Waals surface area contributed by atoms with Crippen molar-refractivity contribution < 1.29 is 0 Å². The molecular formula is C12H17N. The average Bonchev–Trinajstić information content (AvgIpc) is 2.21. The van der Waals surface area contributed by atoms with E-state index in [0.29, 0.717) is 6.04 Å². The Hall–Kier alpha value is -1.08. The molecule has 0 aromatic heterocycles. The van der Waals surface area contributed by atoms with Crippen molar-refractivity contribution in [1.29, 1.82) is 0 Å². The summed E-state index contributed by atoms with van der Waals surface area (Å²) >= 11 is 0. The molecule has 0 heterocycles. The normalized spacial score (nSPS) is 13.4. The molecule has 1 heteroatoms. The highest BCUT2D eigenvalue weighted by molar-refractivity contribution is 5.19. The summed E-state index contributed by atoms with van der Waals surface area (Å²) in [6, 6.07) is 11.0. The van der Waals surface area contributed by atoms with E-state index >= 15 is 0 Å². The Balaban J connectivity index is 2.67. The van der Waals surface area contributed by atoms with Crippen molar-refractivity contribution in [3.8, 4) is 0 Å². The summed E-state index contributed by atoms with van der Waals surface area (Å²) in [6.45, 7) is 2.05. The number of hydrogen-bond donors (Lipinski definition) is 1. The molecule has 0 spiro atoms. The Morgan fingerprint density at radius 2 is 2.00 bits per heavy atom. The lowest BCUT2D eigenvalue weighted by Gasteiger charge is -2.13. The molecule has 1 nitrogen and oxygen atoms in total. The Morgan fingerprint density at radius 1 is 1.31 bits per heavy atom. The van der Waals surface area contributed by atoms with Crippen LogP contribution in [-0.4, -0.2) is 7.05 Å². The largest absolute Gasteiger partial charge is 0.313 e. The quantitative estimate of drug-likeness (QED) is 0.694. The van der Waals surface area contributed by atoms with Crippen LogP contribution in [0.2, 0.25) is 0 Å². The van der Waals surface area contributed by atoms with E-state index in [-0.39, 0.29) is 0 Å². The van der Waals surface area contributed by atoms with Crippen molar-refractivity contribution in [3.63, 3.8) is 0 Å². The first-order valence-electron chi connectivity index (χ1n) is 4.72. The van der Waals surface area contributed by atoms with E-state index in [4.69, 9.17) is 0 Å². The fourth-order valence-electron chi connectivity index (χ4n) is 1.38. The highest BCUT2D eigenvalue weighted by atomic mass is 14.9. The summed E-state index contributed by atoms with van der Waals surface area (Å²) in [5.41, 5.74) is 1.35. The highest BCUT2D eigenvalue weighted by Crippen LogP contribution is 2.15.